The van der Waals surface area contributed by atoms with E-state index in [4.69, 9.17) is 0 Å². The lowest BCUT2D eigenvalue weighted by atomic mass is 10.4. The fraction of sp³-hybridized carbons (Fsp3) is 0. The first-order valence-electron chi connectivity index (χ1n) is 6.66. The molecule has 0 spiro atoms. The van der Waals surface area contributed by atoms with Gasteiger partial charge < -0.3 is 9.55 Å². The Bertz CT molecular complexity index is 903. The number of benzene rings is 2. The molecule has 0 aliphatic carbocycles. The number of nitrogens with one attached hydrogen (secondary N) is 2. The maximum absolute atomic E-state index is 13.8. The molecular weight excluding hydrogens is 299 g/mol. The van der Waals surface area contributed by atoms with Crippen molar-refractivity contribution in [2.24, 2.45) is 0 Å². The van der Waals surface area contributed by atoms with Gasteiger partial charge in [-0.1, -0.05) is 60.7 Å². The number of aromatic amines is 2. The van der Waals surface area contributed by atoms with Gasteiger partial charge in [0.2, 0.25) is 0 Å². The third kappa shape index (κ3) is 2.36. The van der Waals surface area contributed by atoms with Crippen LogP contribution in [0.3, 0.4) is 0 Å². The molecular formula is C16H13N2O3P. The number of hydrogen-bond acceptors (Lipinski definition) is 3. The van der Waals surface area contributed by atoms with Gasteiger partial charge in [0.25, 0.3) is 5.56 Å². The van der Waals surface area contributed by atoms with Crippen LogP contribution >= 0.6 is 7.14 Å². The SMILES string of the molecule is O=c1[nH]cc(P(=O)(c2ccccc2)c2ccccc2)c(=O)[nH]1. The highest BCUT2D eigenvalue weighted by Crippen LogP contribution is 2.40. The second-order valence-electron chi connectivity index (χ2n) is 4.74. The molecule has 2 aromatic carbocycles. The van der Waals surface area contributed by atoms with Crippen molar-refractivity contribution < 1.29 is 4.57 Å². The van der Waals surface area contributed by atoms with E-state index < -0.39 is 18.4 Å². The summed E-state index contributed by atoms with van der Waals surface area (Å²) in [4.78, 5) is 28.0. The van der Waals surface area contributed by atoms with Gasteiger partial charge in [0.1, 0.15) is 5.30 Å². The van der Waals surface area contributed by atoms with Gasteiger partial charge in [0, 0.05) is 16.8 Å². The predicted octanol–water partition coefficient (Wildman–Crippen LogP) is 0.703. The van der Waals surface area contributed by atoms with E-state index in [1.807, 2.05) is 12.1 Å². The fourth-order valence-corrected chi connectivity index (χ4v) is 4.97. The molecule has 0 saturated heterocycles. The van der Waals surface area contributed by atoms with E-state index in [0.29, 0.717) is 10.6 Å². The Morgan fingerprint density at radius 2 is 1.27 bits per heavy atom. The normalized spacial score (nSPS) is 11.3. The molecule has 0 aliphatic rings. The van der Waals surface area contributed by atoms with Crippen molar-refractivity contribution in [3.63, 3.8) is 0 Å². The largest absolute Gasteiger partial charge is 0.325 e. The summed E-state index contributed by atoms with van der Waals surface area (Å²) in [5.74, 6) is 0. The second-order valence-corrected chi connectivity index (χ2v) is 7.47. The quantitative estimate of drug-likeness (QED) is 0.699. The summed E-state index contributed by atoms with van der Waals surface area (Å²) in [5.41, 5.74) is -1.26. The van der Waals surface area contributed by atoms with E-state index in [9.17, 15) is 14.2 Å². The van der Waals surface area contributed by atoms with Crippen LogP contribution in [0.25, 0.3) is 0 Å². The summed E-state index contributed by atoms with van der Waals surface area (Å²) < 4.78 is 13.8. The Balaban J connectivity index is 2.36. The zero-order chi connectivity index (χ0) is 15.6. The average Bonchev–Trinajstić information content (AvgIpc) is 2.56. The van der Waals surface area contributed by atoms with Crippen LogP contribution in [0, 0.1) is 0 Å². The lowest BCUT2D eigenvalue weighted by molar-refractivity contribution is 0.592. The summed E-state index contributed by atoms with van der Waals surface area (Å²) in [6.07, 6.45) is 1.24. The Hall–Kier alpha value is -2.65. The minimum Gasteiger partial charge on any atom is -0.313 e. The minimum atomic E-state index is -3.35. The first-order valence-corrected chi connectivity index (χ1v) is 8.37. The van der Waals surface area contributed by atoms with Crippen molar-refractivity contribution in [1.82, 2.24) is 9.97 Å². The van der Waals surface area contributed by atoms with Crippen molar-refractivity contribution in [3.8, 4) is 0 Å². The first kappa shape index (κ1) is 14.3. The topological polar surface area (TPSA) is 82.8 Å². The van der Waals surface area contributed by atoms with E-state index in [2.05, 4.69) is 9.97 Å². The Morgan fingerprint density at radius 1 is 0.773 bits per heavy atom. The van der Waals surface area contributed by atoms with Gasteiger partial charge in [-0.15, -0.1) is 0 Å². The summed E-state index contributed by atoms with van der Waals surface area (Å²) in [6, 6.07) is 17.6. The van der Waals surface area contributed by atoms with Crippen LogP contribution in [-0.2, 0) is 4.57 Å². The van der Waals surface area contributed by atoms with Crippen molar-refractivity contribution >= 4 is 23.1 Å². The molecule has 0 aliphatic heterocycles. The van der Waals surface area contributed by atoms with Gasteiger partial charge >= 0.3 is 5.69 Å². The zero-order valence-corrected chi connectivity index (χ0v) is 12.4. The smallest absolute Gasteiger partial charge is 0.313 e. The van der Waals surface area contributed by atoms with Gasteiger partial charge in [-0.25, -0.2) is 4.79 Å². The molecule has 0 fully saturated rings. The zero-order valence-electron chi connectivity index (χ0n) is 11.5. The molecule has 2 N–H and O–H groups in total. The molecule has 0 bridgehead atoms. The van der Waals surface area contributed by atoms with Gasteiger partial charge in [-0.2, -0.15) is 0 Å². The van der Waals surface area contributed by atoms with Crippen LogP contribution in [0.5, 0.6) is 0 Å². The lowest BCUT2D eigenvalue weighted by Gasteiger charge is -2.18. The molecule has 5 nitrogen and oxygen atoms in total. The highest BCUT2D eigenvalue weighted by molar-refractivity contribution is 7.85. The fourth-order valence-electron chi connectivity index (χ4n) is 2.34. The summed E-state index contributed by atoms with van der Waals surface area (Å²) >= 11 is 0. The Labute approximate surface area is 126 Å². The first-order chi connectivity index (χ1) is 10.6. The molecule has 0 amide bonds. The van der Waals surface area contributed by atoms with Gasteiger partial charge in [0.05, 0.1) is 0 Å². The lowest BCUT2D eigenvalue weighted by Crippen LogP contribution is -2.39. The minimum absolute atomic E-state index is 0.0597. The Kier molecular flexibility index (Phi) is 3.65. The molecule has 0 atom stereocenters. The molecule has 22 heavy (non-hydrogen) atoms. The highest BCUT2D eigenvalue weighted by atomic mass is 31.2. The van der Waals surface area contributed by atoms with Gasteiger partial charge in [0.15, 0.2) is 7.14 Å². The van der Waals surface area contributed by atoms with Crippen molar-refractivity contribution in [1.29, 1.82) is 0 Å². The molecule has 3 rings (SSSR count). The van der Waals surface area contributed by atoms with E-state index in [1.54, 1.807) is 48.5 Å². The van der Waals surface area contributed by atoms with Crippen molar-refractivity contribution in [3.05, 3.63) is 87.7 Å². The predicted molar refractivity (Wildman–Crippen MR) is 87.1 cm³/mol. The summed E-state index contributed by atoms with van der Waals surface area (Å²) in [7, 11) is -3.35. The molecule has 1 heterocycles. The van der Waals surface area contributed by atoms with E-state index in [1.165, 1.54) is 6.20 Å². The van der Waals surface area contributed by atoms with Crippen molar-refractivity contribution in [2.45, 2.75) is 0 Å². The molecule has 6 heteroatoms. The van der Waals surface area contributed by atoms with Crippen LogP contribution in [0.1, 0.15) is 0 Å². The van der Waals surface area contributed by atoms with Gasteiger partial charge in [-0.3, -0.25) is 9.78 Å². The maximum Gasteiger partial charge on any atom is 0.325 e. The number of hydrogen-bond donors (Lipinski definition) is 2. The van der Waals surface area contributed by atoms with Crippen LogP contribution in [0.15, 0.2) is 76.4 Å². The number of H-pyrrole nitrogens is 2. The molecule has 1 aromatic heterocycles. The third-order valence-corrected chi connectivity index (χ3v) is 6.44. The van der Waals surface area contributed by atoms with Crippen LogP contribution in [-0.4, -0.2) is 9.97 Å². The van der Waals surface area contributed by atoms with Crippen LogP contribution in [0.2, 0.25) is 0 Å². The number of rotatable bonds is 3. The molecule has 3 aromatic rings. The van der Waals surface area contributed by atoms with Crippen LogP contribution in [0.4, 0.5) is 0 Å². The van der Waals surface area contributed by atoms with E-state index in [0.717, 1.165) is 0 Å². The number of aromatic nitrogens is 2. The molecule has 0 unspecified atom stereocenters. The van der Waals surface area contributed by atoms with E-state index in [-0.39, 0.29) is 5.30 Å². The van der Waals surface area contributed by atoms with Crippen LogP contribution < -0.4 is 27.2 Å². The van der Waals surface area contributed by atoms with Crippen molar-refractivity contribution in [2.75, 3.05) is 0 Å². The van der Waals surface area contributed by atoms with E-state index >= 15 is 0 Å². The maximum atomic E-state index is 13.8. The monoisotopic (exact) mass is 312 g/mol. The molecule has 0 radical (unpaired) electrons. The standard InChI is InChI=1S/C16H13N2O3P/c19-15-14(11-17-16(20)18-15)22(21,12-7-3-1-4-8-12)13-9-5-2-6-10-13/h1-11H,(H2,17,18,19,20). The second kappa shape index (κ2) is 5.62. The molecule has 110 valence electrons. The highest BCUT2D eigenvalue weighted by Gasteiger charge is 2.32. The summed E-state index contributed by atoms with van der Waals surface area (Å²) in [6.45, 7) is 0. The average molecular weight is 312 g/mol. The molecule has 0 saturated carbocycles. The van der Waals surface area contributed by atoms with Gasteiger partial charge in [-0.05, 0) is 0 Å². The Morgan fingerprint density at radius 3 is 1.73 bits per heavy atom. The summed E-state index contributed by atoms with van der Waals surface area (Å²) in [5, 5.41) is 1.14. The third-order valence-electron chi connectivity index (χ3n) is 3.38.